The molecular formula is C13H23N3O2. The summed E-state index contributed by atoms with van der Waals surface area (Å²) in [6.45, 7) is 6.20. The topological polar surface area (TPSA) is 74.2 Å². The van der Waals surface area contributed by atoms with Gasteiger partial charge in [0.25, 0.3) is 0 Å². The van der Waals surface area contributed by atoms with Crippen LogP contribution in [0.2, 0.25) is 0 Å². The van der Waals surface area contributed by atoms with Gasteiger partial charge in [-0.1, -0.05) is 25.9 Å². The van der Waals surface area contributed by atoms with Crippen LogP contribution in [0.1, 0.15) is 57.8 Å². The van der Waals surface area contributed by atoms with Gasteiger partial charge in [0.1, 0.15) is 0 Å². The Labute approximate surface area is 108 Å². The van der Waals surface area contributed by atoms with E-state index < -0.39 is 0 Å². The molecule has 1 heterocycles. The van der Waals surface area contributed by atoms with Crippen LogP contribution in [0.15, 0.2) is 4.52 Å². The van der Waals surface area contributed by atoms with Crippen molar-refractivity contribution in [3.8, 4) is 0 Å². The molecule has 5 heteroatoms. The van der Waals surface area contributed by atoms with Crippen LogP contribution >= 0.6 is 0 Å². The van der Waals surface area contributed by atoms with E-state index in [9.17, 15) is 0 Å². The maximum atomic E-state index is 6.11. The Hall–Kier alpha value is -0.940. The molecule has 1 atom stereocenters. The Kier molecular flexibility index (Phi) is 3.47. The number of aromatic nitrogens is 2. The predicted molar refractivity (Wildman–Crippen MR) is 68.0 cm³/mol. The molecule has 1 aliphatic carbocycles. The van der Waals surface area contributed by atoms with E-state index in [0.29, 0.717) is 18.1 Å². The van der Waals surface area contributed by atoms with Crippen LogP contribution in [0.4, 0.5) is 0 Å². The molecule has 0 bridgehead atoms. The van der Waals surface area contributed by atoms with Gasteiger partial charge in [0.05, 0.1) is 18.1 Å². The second kappa shape index (κ2) is 4.63. The van der Waals surface area contributed by atoms with Gasteiger partial charge in [-0.05, 0) is 24.7 Å². The second-order valence-corrected chi connectivity index (χ2v) is 6.31. The van der Waals surface area contributed by atoms with Crippen molar-refractivity contribution in [1.82, 2.24) is 10.1 Å². The molecule has 102 valence electrons. The van der Waals surface area contributed by atoms with E-state index in [0.717, 1.165) is 12.8 Å². The van der Waals surface area contributed by atoms with Crippen LogP contribution < -0.4 is 5.73 Å². The van der Waals surface area contributed by atoms with E-state index in [1.807, 2.05) is 0 Å². The highest BCUT2D eigenvalue weighted by molar-refractivity contribution is 5.02. The van der Waals surface area contributed by atoms with Gasteiger partial charge in [0.2, 0.25) is 5.89 Å². The molecule has 1 aromatic heterocycles. The number of hydrogen-bond acceptors (Lipinski definition) is 5. The highest BCUT2D eigenvalue weighted by Gasteiger charge is 2.39. The van der Waals surface area contributed by atoms with E-state index >= 15 is 0 Å². The Balaban J connectivity index is 2.06. The minimum Gasteiger partial charge on any atom is -0.378 e. The third-order valence-corrected chi connectivity index (χ3v) is 3.87. The molecule has 0 aliphatic heterocycles. The van der Waals surface area contributed by atoms with Crippen molar-refractivity contribution in [2.45, 2.75) is 58.1 Å². The molecule has 0 amide bonds. The van der Waals surface area contributed by atoms with Crippen molar-refractivity contribution in [2.24, 2.45) is 11.1 Å². The molecular weight excluding hydrogens is 230 g/mol. The minimum absolute atomic E-state index is 0.0729. The summed E-state index contributed by atoms with van der Waals surface area (Å²) in [7, 11) is 1.75. The van der Waals surface area contributed by atoms with Crippen molar-refractivity contribution < 1.29 is 9.26 Å². The van der Waals surface area contributed by atoms with Crippen molar-refractivity contribution in [3.05, 3.63) is 11.7 Å². The standard InChI is InChI=1S/C13H23N3O2/c1-12(2,3)10(14)11-15-9(18-16-11)8-13(17-4)6-5-7-13/h10H,5-8,14H2,1-4H3. The van der Waals surface area contributed by atoms with Crippen LogP contribution in [-0.2, 0) is 11.2 Å². The Morgan fingerprint density at radius 2 is 2.11 bits per heavy atom. The lowest BCUT2D eigenvalue weighted by atomic mass is 9.77. The van der Waals surface area contributed by atoms with Gasteiger partial charge in [0.15, 0.2) is 5.82 Å². The zero-order valence-electron chi connectivity index (χ0n) is 11.7. The summed E-state index contributed by atoms with van der Waals surface area (Å²) in [5.74, 6) is 1.22. The first-order chi connectivity index (χ1) is 8.36. The second-order valence-electron chi connectivity index (χ2n) is 6.31. The number of nitrogens with two attached hydrogens (primary N) is 1. The van der Waals surface area contributed by atoms with Gasteiger partial charge in [-0.2, -0.15) is 4.98 Å². The highest BCUT2D eigenvalue weighted by atomic mass is 16.5. The molecule has 1 aromatic rings. The van der Waals surface area contributed by atoms with Crippen molar-refractivity contribution in [1.29, 1.82) is 0 Å². The molecule has 5 nitrogen and oxygen atoms in total. The van der Waals surface area contributed by atoms with E-state index in [2.05, 4.69) is 30.9 Å². The first-order valence-corrected chi connectivity index (χ1v) is 6.49. The fourth-order valence-corrected chi connectivity index (χ4v) is 2.15. The van der Waals surface area contributed by atoms with E-state index in [-0.39, 0.29) is 17.1 Å². The third kappa shape index (κ3) is 2.57. The smallest absolute Gasteiger partial charge is 0.229 e. The van der Waals surface area contributed by atoms with Crippen LogP contribution in [0.3, 0.4) is 0 Å². The van der Waals surface area contributed by atoms with Crippen molar-refractivity contribution >= 4 is 0 Å². The normalized spacial score (nSPS) is 20.5. The average molecular weight is 253 g/mol. The van der Waals surface area contributed by atoms with Gasteiger partial charge in [-0.15, -0.1) is 0 Å². The summed E-state index contributed by atoms with van der Waals surface area (Å²) < 4.78 is 10.8. The first kappa shape index (κ1) is 13.5. The van der Waals surface area contributed by atoms with Crippen LogP contribution in [0, 0.1) is 5.41 Å². The zero-order chi connectivity index (χ0) is 13.4. The fourth-order valence-electron chi connectivity index (χ4n) is 2.15. The van der Waals surface area contributed by atoms with Gasteiger partial charge in [-0.25, -0.2) is 0 Å². The van der Waals surface area contributed by atoms with Gasteiger partial charge in [-0.3, -0.25) is 0 Å². The van der Waals surface area contributed by atoms with Gasteiger partial charge < -0.3 is 15.0 Å². The van der Waals surface area contributed by atoms with E-state index in [1.165, 1.54) is 6.42 Å². The fraction of sp³-hybridized carbons (Fsp3) is 0.846. The molecule has 1 unspecified atom stereocenters. The molecule has 2 N–H and O–H groups in total. The monoisotopic (exact) mass is 253 g/mol. The summed E-state index contributed by atoms with van der Waals surface area (Å²) in [6, 6.07) is -0.213. The molecule has 2 rings (SSSR count). The SMILES string of the molecule is COC1(Cc2nc(C(N)C(C)(C)C)no2)CCC1. The quantitative estimate of drug-likeness (QED) is 0.890. The lowest BCUT2D eigenvalue weighted by Gasteiger charge is -2.39. The molecule has 0 aromatic carbocycles. The molecule has 1 saturated carbocycles. The van der Waals surface area contributed by atoms with Crippen LogP contribution in [-0.4, -0.2) is 22.9 Å². The summed E-state index contributed by atoms with van der Waals surface area (Å²) in [5.41, 5.74) is 5.95. The largest absolute Gasteiger partial charge is 0.378 e. The number of methoxy groups -OCH3 is 1. The van der Waals surface area contributed by atoms with Crippen LogP contribution in [0.5, 0.6) is 0 Å². The number of rotatable bonds is 4. The summed E-state index contributed by atoms with van der Waals surface area (Å²) in [4.78, 5) is 4.41. The number of nitrogens with zero attached hydrogens (tertiary/aromatic N) is 2. The Morgan fingerprint density at radius 1 is 1.44 bits per heavy atom. The van der Waals surface area contributed by atoms with Crippen molar-refractivity contribution in [2.75, 3.05) is 7.11 Å². The Bertz CT molecular complexity index is 399. The molecule has 1 aliphatic rings. The minimum atomic E-state index is -0.213. The summed E-state index contributed by atoms with van der Waals surface area (Å²) >= 11 is 0. The lowest BCUT2D eigenvalue weighted by molar-refractivity contribution is -0.0751. The zero-order valence-corrected chi connectivity index (χ0v) is 11.7. The highest BCUT2D eigenvalue weighted by Crippen LogP contribution is 2.38. The molecule has 0 saturated heterocycles. The van der Waals surface area contributed by atoms with Crippen LogP contribution in [0.25, 0.3) is 0 Å². The summed E-state index contributed by atoms with van der Waals surface area (Å²) in [5, 5.41) is 3.99. The summed E-state index contributed by atoms with van der Waals surface area (Å²) in [6.07, 6.45) is 4.02. The molecule has 0 spiro atoms. The maximum absolute atomic E-state index is 6.11. The average Bonchev–Trinajstić information content (AvgIpc) is 2.69. The predicted octanol–water partition coefficient (Wildman–Crippen LogP) is 2.23. The number of ether oxygens (including phenoxy) is 1. The van der Waals surface area contributed by atoms with Gasteiger partial charge in [0, 0.05) is 7.11 Å². The number of hydrogen-bond donors (Lipinski definition) is 1. The maximum Gasteiger partial charge on any atom is 0.229 e. The molecule has 1 fully saturated rings. The van der Waals surface area contributed by atoms with Gasteiger partial charge >= 0.3 is 0 Å². The van der Waals surface area contributed by atoms with E-state index in [1.54, 1.807) is 7.11 Å². The molecule has 18 heavy (non-hydrogen) atoms. The third-order valence-electron chi connectivity index (χ3n) is 3.87. The first-order valence-electron chi connectivity index (χ1n) is 6.49. The lowest BCUT2D eigenvalue weighted by Crippen LogP contribution is -2.41. The van der Waals surface area contributed by atoms with Crippen molar-refractivity contribution in [3.63, 3.8) is 0 Å². The van der Waals surface area contributed by atoms with E-state index in [4.69, 9.17) is 15.0 Å². The Morgan fingerprint density at radius 3 is 2.56 bits per heavy atom. The molecule has 0 radical (unpaired) electrons.